The fourth-order valence-corrected chi connectivity index (χ4v) is 6.96. The fraction of sp³-hybridized carbons (Fsp3) is 0.300. The summed E-state index contributed by atoms with van der Waals surface area (Å²) in [4.78, 5) is 45.5. The number of fused-ring (bicyclic) bond motifs is 4. The number of nitrogens with one attached hydrogen (secondary N) is 3. The number of hydrogen-bond acceptors (Lipinski definition) is 7. The number of halogens is 1. The number of H-pyrrole nitrogens is 1. The lowest BCUT2D eigenvalue weighted by molar-refractivity contribution is -0.152. The molecule has 2 amide bonds. The maximum atomic E-state index is 14.0. The van der Waals surface area contributed by atoms with Crippen molar-refractivity contribution in [2.24, 2.45) is 5.73 Å². The van der Waals surface area contributed by atoms with Crippen LogP contribution in [0.3, 0.4) is 0 Å². The van der Waals surface area contributed by atoms with E-state index in [4.69, 9.17) is 20.2 Å². The first-order chi connectivity index (χ1) is 24.8. The molecule has 0 spiro atoms. The molecular formula is C40H41FN6O5. The lowest BCUT2D eigenvalue weighted by atomic mass is 9.92. The Morgan fingerprint density at radius 2 is 1.71 bits per heavy atom. The molecule has 52 heavy (non-hydrogen) atoms. The second-order valence-electron chi connectivity index (χ2n) is 14.3. The number of alkyl carbamates (subject to hydrolysis) is 1. The van der Waals surface area contributed by atoms with Crippen molar-refractivity contribution in [1.82, 2.24) is 19.9 Å². The van der Waals surface area contributed by atoms with Crippen molar-refractivity contribution in [3.05, 3.63) is 90.2 Å². The van der Waals surface area contributed by atoms with Crippen LogP contribution >= 0.6 is 0 Å². The highest BCUT2D eigenvalue weighted by molar-refractivity contribution is 6.15. The number of primary amides is 1. The van der Waals surface area contributed by atoms with Crippen molar-refractivity contribution in [2.45, 2.75) is 77.2 Å². The second kappa shape index (κ2) is 13.7. The third-order valence-electron chi connectivity index (χ3n) is 9.33. The van der Waals surface area contributed by atoms with Gasteiger partial charge < -0.3 is 35.4 Å². The number of nitrogens with zero attached hydrogens (tertiary/aromatic N) is 2. The summed E-state index contributed by atoms with van der Waals surface area (Å²) in [7, 11) is 0. The summed E-state index contributed by atoms with van der Waals surface area (Å²) >= 11 is 0. The molecule has 1 aliphatic rings. The fourth-order valence-electron chi connectivity index (χ4n) is 6.96. The van der Waals surface area contributed by atoms with Crippen LogP contribution in [-0.4, -0.2) is 56.3 Å². The number of benzene rings is 4. The summed E-state index contributed by atoms with van der Waals surface area (Å²) in [5.74, 6) is -0.767. The summed E-state index contributed by atoms with van der Waals surface area (Å²) in [5, 5.41) is 8.08. The van der Waals surface area contributed by atoms with Gasteiger partial charge in [-0.25, -0.2) is 19.0 Å². The molecule has 11 nitrogen and oxygen atoms in total. The van der Waals surface area contributed by atoms with Gasteiger partial charge in [0, 0.05) is 33.8 Å². The molecule has 0 radical (unpaired) electrons. The zero-order chi connectivity index (χ0) is 36.7. The van der Waals surface area contributed by atoms with Crippen molar-refractivity contribution in [2.75, 3.05) is 5.32 Å². The largest absolute Gasteiger partial charge is 0.461 e. The number of hydrogen-bond donors (Lipinski definition) is 4. The van der Waals surface area contributed by atoms with E-state index in [0.29, 0.717) is 53.8 Å². The van der Waals surface area contributed by atoms with Gasteiger partial charge in [-0.1, -0.05) is 30.3 Å². The number of imidazole rings is 1. The molecule has 5 N–H and O–H groups in total. The van der Waals surface area contributed by atoms with Crippen LogP contribution in [0, 0.1) is 5.82 Å². The number of carbonyl (C=O) groups is 3. The second-order valence-corrected chi connectivity index (χ2v) is 14.3. The van der Waals surface area contributed by atoms with Gasteiger partial charge in [-0.2, -0.15) is 0 Å². The number of anilines is 1. The monoisotopic (exact) mass is 704 g/mol. The number of amides is 2. The average Bonchev–Trinajstić information content (AvgIpc) is 3.67. The number of esters is 1. The van der Waals surface area contributed by atoms with E-state index in [2.05, 4.69) is 32.3 Å². The Morgan fingerprint density at radius 1 is 0.962 bits per heavy atom. The SMILES string of the molecule is CC(NC(=O)OC(C)(C)C)C(=O)OC1CCC(Nc2cc(-n3c4ccccc4c4c(-c5nc6ccc(F)cc6[nH]5)cccc43)ccc2C(N)=O)CC1. The number of nitrogens with two attached hydrogens (primary N) is 1. The van der Waals surface area contributed by atoms with Gasteiger partial charge in [0.15, 0.2) is 0 Å². The lowest BCUT2D eigenvalue weighted by Crippen LogP contribution is -2.44. The highest BCUT2D eigenvalue weighted by atomic mass is 19.1. The molecule has 1 unspecified atom stereocenters. The molecule has 0 saturated heterocycles. The molecular weight excluding hydrogens is 663 g/mol. The maximum Gasteiger partial charge on any atom is 0.408 e. The molecule has 1 aliphatic carbocycles. The van der Waals surface area contributed by atoms with E-state index < -0.39 is 29.6 Å². The van der Waals surface area contributed by atoms with E-state index in [0.717, 1.165) is 33.1 Å². The van der Waals surface area contributed by atoms with Crippen LogP contribution in [0.1, 0.15) is 63.7 Å². The summed E-state index contributed by atoms with van der Waals surface area (Å²) in [6, 6.07) is 23.3. The van der Waals surface area contributed by atoms with Crippen LogP contribution in [-0.2, 0) is 14.3 Å². The molecule has 1 atom stereocenters. The number of carbonyl (C=O) groups excluding carboxylic acids is 3. The molecule has 0 bridgehead atoms. The Labute approximate surface area is 299 Å². The van der Waals surface area contributed by atoms with Crippen molar-refractivity contribution in [3.63, 3.8) is 0 Å². The van der Waals surface area contributed by atoms with Crippen LogP contribution in [0.4, 0.5) is 14.9 Å². The number of aromatic nitrogens is 3. The minimum atomic E-state index is -0.855. The van der Waals surface area contributed by atoms with E-state index in [9.17, 15) is 18.8 Å². The first-order valence-electron chi connectivity index (χ1n) is 17.4. The standard InChI is InChI=1S/C40H41FN6O5/c1-22(43-39(50)52-40(2,3)4)38(49)51-26-16-13-24(14-17-26)44-31-21-25(15-18-27(31)36(42)48)47-33-10-6-5-8-28(33)35-29(9-7-11-34(35)47)37-45-30-19-12-23(41)20-32(30)46-37/h5-12,15,18-22,24,26,44H,13-14,16-17H2,1-4H3,(H2,42,48)(H,43,50)(H,45,46). The van der Waals surface area contributed by atoms with E-state index in [1.165, 1.54) is 12.1 Å². The van der Waals surface area contributed by atoms with Crippen molar-refractivity contribution in [3.8, 4) is 17.1 Å². The normalized spacial score (nSPS) is 16.9. The van der Waals surface area contributed by atoms with Crippen LogP contribution in [0.25, 0.3) is 49.9 Å². The highest BCUT2D eigenvalue weighted by Crippen LogP contribution is 2.39. The number of rotatable bonds is 8. The number of ether oxygens (including phenoxy) is 2. The molecule has 1 fully saturated rings. The van der Waals surface area contributed by atoms with Crippen LogP contribution in [0.15, 0.2) is 78.9 Å². The van der Waals surface area contributed by atoms with Gasteiger partial charge in [-0.05, 0) is 102 Å². The molecule has 6 aromatic rings. The molecule has 0 aliphatic heterocycles. The zero-order valence-corrected chi connectivity index (χ0v) is 29.5. The quantitative estimate of drug-likeness (QED) is 0.118. The minimum Gasteiger partial charge on any atom is -0.461 e. The summed E-state index contributed by atoms with van der Waals surface area (Å²) < 4.78 is 27.1. The van der Waals surface area contributed by atoms with E-state index in [1.54, 1.807) is 39.8 Å². The highest BCUT2D eigenvalue weighted by Gasteiger charge is 2.28. The first kappa shape index (κ1) is 34.5. The molecule has 2 aromatic heterocycles. The summed E-state index contributed by atoms with van der Waals surface area (Å²) in [6.45, 7) is 6.82. The summed E-state index contributed by atoms with van der Waals surface area (Å²) in [5.41, 5.74) is 11.0. The number of aromatic amines is 1. The predicted molar refractivity (Wildman–Crippen MR) is 199 cm³/mol. The van der Waals surface area contributed by atoms with Crippen molar-refractivity contribution in [1.29, 1.82) is 0 Å². The Kier molecular flexibility index (Phi) is 9.08. The smallest absolute Gasteiger partial charge is 0.408 e. The Hall–Kier alpha value is -5.91. The lowest BCUT2D eigenvalue weighted by Gasteiger charge is -2.31. The van der Waals surface area contributed by atoms with Crippen LogP contribution < -0.4 is 16.4 Å². The Bertz CT molecular complexity index is 2330. The van der Waals surface area contributed by atoms with Gasteiger partial charge in [0.1, 0.15) is 29.4 Å². The molecule has 2 heterocycles. The third-order valence-corrected chi connectivity index (χ3v) is 9.33. The number of para-hydroxylation sites is 1. The minimum absolute atomic E-state index is 0.00305. The molecule has 12 heteroatoms. The zero-order valence-electron chi connectivity index (χ0n) is 29.5. The van der Waals surface area contributed by atoms with Gasteiger partial charge in [-0.15, -0.1) is 0 Å². The first-order valence-corrected chi connectivity index (χ1v) is 17.4. The van der Waals surface area contributed by atoms with Crippen molar-refractivity contribution < 1.29 is 28.2 Å². The van der Waals surface area contributed by atoms with E-state index >= 15 is 0 Å². The average molecular weight is 705 g/mol. The van der Waals surface area contributed by atoms with Gasteiger partial charge in [0.25, 0.3) is 5.91 Å². The van der Waals surface area contributed by atoms with Gasteiger partial charge >= 0.3 is 12.1 Å². The molecule has 268 valence electrons. The van der Waals surface area contributed by atoms with Gasteiger partial charge in [-0.3, -0.25) is 4.79 Å². The Balaban J connectivity index is 1.14. The third kappa shape index (κ3) is 7.01. The van der Waals surface area contributed by atoms with Crippen LogP contribution in [0.2, 0.25) is 0 Å². The van der Waals surface area contributed by atoms with Crippen molar-refractivity contribution >= 4 is 56.5 Å². The van der Waals surface area contributed by atoms with E-state index in [1.807, 2.05) is 42.5 Å². The molecule has 4 aromatic carbocycles. The van der Waals surface area contributed by atoms with Gasteiger partial charge in [0.05, 0.1) is 27.6 Å². The predicted octanol–water partition coefficient (Wildman–Crippen LogP) is 7.74. The van der Waals surface area contributed by atoms with Crippen LogP contribution in [0.5, 0.6) is 0 Å². The topological polar surface area (TPSA) is 153 Å². The maximum absolute atomic E-state index is 14.0. The van der Waals surface area contributed by atoms with Gasteiger partial charge in [0.2, 0.25) is 0 Å². The molecule has 1 saturated carbocycles. The van der Waals surface area contributed by atoms with E-state index in [-0.39, 0.29) is 18.0 Å². The molecule has 7 rings (SSSR count). The summed E-state index contributed by atoms with van der Waals surface area (Å²) in [6.07, 6.45) is 1.62. The Morgan fingerprint density at radius 3 is 2.46 bits per heavy atom.